The molecule has 0 aromatic carbocycles. The molecule has 0 saturated heterocycles. The Bertz CT molecular complexity index is 223. The van der Waals surface area contributed by atoms with E-state index in [1.807, 2.05) is 0 Å². The summed E-state index contributed by atoms with van der Waals surface area (Å²) in [7, 11) is 0. The van der Waals surface area contributed by atoms with Gasteiger partial charge in [-0.1, -0.05) is 27.2 Å². The monoisotopic (exact) mass is 209 g/mol. The van der Waals surface area contributed by atoms with E-state index in [2.05, 4.69) is 20.8 Å². The normalized spacial score (nSPS) is 38.6. The highest BCUT2D eigenvalue weighted by Gasteiger charge is 2.42. The quantitative estimate of drug-likeness (QED) is 0.752. The molecule has 1 nitrogen and oxygen atoms in total. The fourth-order valence-corrected chi connectivity index (χ4v) is 3.90. The highest BCUT2D eigenvalue weighted by Crippen LogP contribution is 2.51. The summed E-state index contributed by atoms with van der Waals surface area (Å²) in [5.74, 6) is 3.68. The standard InChI is InChI=1S/C14H27N/c1-4-14(15,10(2)3)9-13-8-11-5-6-12(13)7-11/h10-13H,4-9,15H2,1-3H3. The molecule has 2 aliphatic carbocycles. The number of hydrogen-bond donors (Lipinski definition) is 1. The van der Waals surface area contributed by atoms with E-state index in [0.29, 0.717) is 5.92 Å². The summed E-state index contributed by atoms with van der Waals surface area (Å²) in [6.45, 7) is 6.83. The third kappa shape index (κ3) is 2.08. The molecule has 2 aliphatic rings. The van der Waals surface area contributed by atoms with Crippen molar-refractivity contribution in [1.29, 1.82) is 0 Å². The Morgan fingerprint density at radius 2 is 2.00 bits per heavy atom. The van der Waals surface area contributed by atoms with E-state index in [4.69, 9.17) is 5.73 Å². The van der Waals surface area contributed by atoms with Gasteiger partial charge in [-0.05, 0) is 55.8 Å². The van der Waals surface area contributed by atoms with Crippen LogP contribution in [0.1, 0.15) is 59.3 Å². The smallest absolute Gasteiger partial charge is 0.0177 e. The molecule has 2 N–H and O–H groups in total. The fraction of sp³-hybridized carbons (Fsp3) is 1.00. The number of rotatable bonds is 4. The van der Waals surface area contributed by atoms with E-state index >= 15 is 0 Å². The van der Waals surface area contributed by atoms with Crippen LogP contribution in [0.5, 0.6) is 0 Å². The lowest BCUT2D eigenvalue weighted by molar-refractivity contribution is 0.191. The maximum atomic E-state index is 6.55. The zero-order valence-electron chi connectivity index (χ0n) is 10.6. The Balaban J connectivity index is 1.96. The molecule has 2 saturated carbocycles. The summed E-state index contributed by atoms with van der Waals surface area (Å²) in [5.41, 5.74) is 6.66. The van der Waals surface area contributed by atoms with Crippen LogP contribution in [0.4, 0.5) is 0 Å². The molecule has 0 spiro atoms. The van der Waals surface area contributed by atoms with E-state index in [1.165, 1.54) is 32.1 Å². The van der Waals surface area contributed by atoms with Crippen molar-refractivity contribution in [1.82, 2.24) is 0 Å². The molecule has 2 bridgehead atoms. The Kier molecular flexibility index (Phi) is 3.12. The second-order valence-corrected chi connectivity index (χ2v) is 6.38. The summed E-state index contributed by atoms with van der Waals surface area (Å²) >= 11 is 0. The molecule has 88 valence electrons. The highest BCUT2D eigenvalue weighted by atomic mass is 14.8. The van der Waals surface area contributed by atoms with Gasteiger partial charge in [-0.25, -0.2) is 0 Å². The minimum Gasteiger partial charge on any atom is -0.325 e. The zero-order valence-corrected chi connectivity index (χ0v) is 10.6. The van der Waals surface area contributed by atoms with Crippen molar-refractivity contribution in [2.75, 3.05) is 0 Å². The Morgan fingerprint density at radius 1 is 1.27 bits per heavy atom. The van der Waals surface area contributed by atoms with E-state index in [1.54, 1.807) is 0 Å². The summed E-state index contributed by atoms with van der Waals surface area (Å²) in [4.78, 5) is 0. The van der Waals surface area contributed by atoms with Gasteiger partial charge in [0.1, 0.15) is 0 Å². The minimum atomic E-state index is 0.106. The molecule has 0 heterocycles. The van der Waals surface area contributed by atoms with Crippen LogP contribution in [-0.2, 0) is 0 Å². The van der Waals surface area contributed by atoms with Gasteiger partial charge in [-0.2, -0.15) is 0 Å². The molecule has 4 atom stereocenters. The summed E-state index contributed by atoms with van der Waals surface area (Å²) < 4.78 is 0. The molecule has 4 unspecified atom stereocenters. The Morgan fingerprint density at radius 3 is 2.40 bits per heavy atom. The molecular formula is C14H27N. The molecule has 0 radical (unpaired) electrons. The lowest BCUT2D eigenvalue weighted by Crippen LogP contribution is -2.46. The summed E-state index contributed by atoms with van der Waals surface area (Å²) in [6, 6.07) is 0. The molecule has 2 fully saturated rings. The molecule has 1 heteroatoms. The largest absolute Gasteiger partial charge is 0.325 e. The van der Waals surface area contributed by atoms with Crippen LogP contribution in [0.25, 0.3) is 0 Å². The average Bonchev–Trinajstić information content (AvgIpc) is 2.78. The van der Waals surface area contributed by atoms with Crippen LogP contribution in [0, 0.1) is 23.7 Å². The van der Waals surface area contributed by atoms with Gasteiger partial charge in [0.2, 0.25) is 0 Å². The lowest BCUT2D eigenvalue weighted by Gasteiger charge is -2.37. The predicted molar refractivity (Wildman–Crippen MR) is 65.6 cm³/mol. The predicted octanol–water partition coefficient (Wildman–Crippen LogP) is 3.58. The first-order valence-corrected chi connectivity index (χ1v) is 6.84. The second-order valence-electron chi connectivity index (χ2n) is 6.38. The van der Waals surface area contributed by atoms with E-state index < -0.39 is 0 Å². The molecule has 0 aromatic heterocycles. The topological polar surface area (TPSA) is 26.0 Å². The van der Waals surface area contributed by atoms with Gasteiger partial charge >= 0.3 is 0 Å². The maximum absolute atomic E-state index is 6.55. The van der Waals surface area contributed by atoms with Gasteiger partial charge in [0.15, 0.2) is 0 Å². The SMILES string of the molecule is CCC(N)(CC1CC2CCC1C2)C(C)C. The Hall–Kier alpha value is -0.0400. The molecular weight excluding hydrogens is 182 g/mol. The van der Waals surface area contributed by atoms with Crippen molar-refractivity contribution in [3.05, 3.63) is 0 Å². The third-order valence-electron chi connectivity index (χ3n) is 5.33. The first-order chi connectivity index (χ1) is 7.05. The zero-order chi connectivity index (χ0) is 11.1. The summed E-state index contributed by atoms with van der Waals surface area (Å²) in [6.07, 6.45) is 8.42. The van der Waals surface area contributed by atoms with Crippen molar-refractivity contribution in [2.45, 2.75) is 64.8 Å². The number of nitrogens with two attached hydrogens (primary N) is 1. The average molecular weight is 209 g/mol. The van der Waals surface area contributed by atoms with Crippen molar-refractivity contribution < 1.29 is 0 Å². The van der Waals surface area contributed by atoms with Gasteiger partial charge < -0.3 is 5.73 Å². The van der Waals surface area contributed by atoms with Crippen molar-refractivity contribution in [3.63, 3.8) is 0 Å². The van der Waals surface area contributed by atoms with E-state index in [9.17, 15) is 0 Å². The van der Waals surface area contributed by atoms with Crippen LogP contribution in [0.3, 0.4) is 0 Å². The van der Waals surface area contributed by atoms with Gasteiger partial charge in [0, 0.05) is 5.54 Å². The van der Waals surface area contributed by atoms with Crippen LogP contribution in [0.15, 0.2) is 0 Å². The van der Waals surface area contributed by atoms with Crippen molar-refractivity contribution in [2.24, 2.45) is 29.4 Å². The van der Waals surface area contributed by atoms with Gasteiger partial charge in [-0.15, -0.1) is 0 Å². The van der Waals surface area contributed by atoms with Gasteiger partial charge in [-0.3, -0.25) is 0 Å². The maximum Gasteiger partial charge on any atom is 0.0177 e. The van der Waals surface area contributed by atoms with Gasteiger partial charge in [0.25, 0.3) is 0 Å². The first-order valence-electron chi connectivity index (χ1n) is 6.84. The minimum absolute atomic E-state index is 0.106. The van der Waals surface area contributed by atoms with Crippen LogP contribution in [0.2, 0.25) is 0 Å². The van der Waals surface area contributed by atoms with E-state index in [-0.39, 0.29) is 5.54 Å². The summed E-state index contributed by atoms with van der Waals surface area (Å²) in [5, 5.41) is 0. The number of hydrogen-bond acceptors (Lipinski definition) is 1. The highest BCUT2D eigenvalue weighted by molar-refractivity contribution is 4.96. The lowest BCUT2D eigenvalue weighted by atomic mass is 9.73. The van der Waals surface area contributed by atoms with Crippen molar-refractivity contribution in [3.8, 4) is 0 Å². The molecule has 0 aliphatic heterocycles. The molecule has 0 amide bonds. The van der Waals surface area contributed by atoms with E-state index in [0.717, 1.165) is 24.2 Å². The van der Waals surface area contributed by atoms with Gasteiger partial charge in [0.05, 0.1) is 0 Å². The molecule has 15 heavy (non-hydrogen) atoms. The van der Waals surface area contributed by atoms with Crippen LogP contribution >= 0.6 is 0 Å². The van der Waals surface area contributed by atoms with Crippen molar-refractivity contribution >= 4 is 0 Å². The molecule has 0 aromatic rings. The first kappa shape index (κ1) is 11.4. The van der Waals surface area contributed by atoms with Crippen LogP contribution < -0.4 is 5.73 Å². The second kappa shape index (κ2) is 4.08. The molecule has 2 rings (SSSR count). The Labute approximate surface area is 94.8 Å². The fourth-order valence-electron chi connectivity index (χ4n) is 3.90. The van der Waals surface area contributed by atoms with Crippen LogP contribution in [-0.4, -0.2) is 5.54 Å². The number of fused-ring (bicyclic) bond motifs is 2. The third-order valence-corrected chi connectivity index (χ3v) is 5.33.